The third kappa shape index (κ3) is 2.46. The maximum absolute atomic E-state index is 10.6. The van der Waals surface area contributed by atoms with Crippen molar-refractivity contribution in [1.82, 2.24) is 0 Å². The lowest BCUT2D eigenvalue weighted by molar-refractivity contribution is -0.0204. The van der Waals surface area contributed by atoms with Crippen molar-refractivity contribution in [2.45, 2.75) is 37.5 Å². The quantitative estimate of drug-likeness (QED) is 0.846. The second-order valence-corrected chi connectivity index (χ2v) is 6.38. The third-order valence-electron chi connectivity index (χ3n) is 4.95. The Kier molecular flexibility index (Phi) is 3.68. The van der Waals surface area contributed by atoms with E-state index in [1.165, 1.54) is 0 Å². The summed E-state index contributed by atoms with van der Waals surface area (Å²) in [6.07, 6.45) is 5.34. The number of aliphatic hydroxyl groups is 2. The van der Waals surface area contributed by atoms with Crippen LogP contribution in [0, 0.1) is 0 Å². The molecule has 3 atom stereocenters. The molecular weight excluding hydrogens is 286 g/mol. The predicted molar refractivity (Wildman–Crippen MR) is 93.6 cm³/mol. The Bertz CT molecular complexity index is 690. The molecule has 0 aromatic heterocycles. The highest BCUT2D eigenvalue weighted by molar-refractivity contribution is 5.89. The molecule has 0 spiro atoms. The fourth-order valence-electron chi connectivity index (χ4n) is 3.78. The van der Waals surface area contributed by atoms with Crippen molar-refractivity contribution in [2.24, 2.45) is 0 Å². The van der Waals surface area contributed by atoms with Crippen LogP contribution in [0.2, 0.25) is 0 Å². The van der Waals surface area contributed by atoms with E-state index in [9.17, 15) is 10.2 Å². The van der Waals surface area contributed by atoms with Crippen LogP contribution in [0.25, 0.3) is 12.2 Å². The summed E-state index contributed by atoms with van der Waals surface area (Å²) < 4.78 is 0. The Balaban J connectivity index is 1.89. The van der Waals surface area contributed by atoms with Crippen LogP contribution in [0.5, 0.6) is 0 Å². The molecule has 0 bridgehead atoms. The lowest BCUT2D eigenvalue weighted by atomic mass is 9.88. The molecule has 2 aromatic rings. The number of rotatable bonds is 1. The fraction of sp³-hybridized carbons (Fsp3) is 0.300. The van der Waals surface area contributed by atoms with E-state index in [1.807, 2.05) is 24.3 Å². The first-order valence-electron chi connectivity index (χ1n) is 8.27. The lowest BCUT2D eigenvalue weighted by Crippen LogP contribution is -2.50. The van der Waals surface area contributed by atoms with Crippen LogP contribution in [0.1, 0.15) is 30.4 Å². The fourth-order valence-corrected chi connectivity index (χ4v) is 3.78. The van der Waals surface area contributed by atoms with Crippen LogP contribution in [-0.4, -0.2) is 28.5 Å². The third-order valence-corrected chi connectivity index (χ3v) is 4.95. The topological polar surface area (TPSA) is 43.7 Å². The average Bonchev–Trinajstić information content (AvgIpc) is 2.75. The van der Waals surface area contributed by atoms with Gasteiger partial charge < -0.3 is 15.1 Å². The number of hydrogen-bond donors (Lipinski definition) is 2. The van der Waals surface area contributed by atoms with Crippen molar-refractivity contribution in [1.29, 1.82) is 0 Å². The molecule has 3 heteroatoms. The van der Waals surface area contributed by atoms with Crippen LogP contribution >= 0.6 is 0 Å². The molecule has 3 nitrogen and oxygen atoms in total. The van der Waals surface area contributed by atoms with Gasteiger partial charge in [0.1, 0.15) is 6.10 Å². The van der Waals surface area contributed by atoms with Crippen molar-refractivity contribution in [3.8, 4) is 0 Å². The van der Waals surface area contributed by atoms with E-state index < -0.39 is 12.2 Å². The average molecular weight is 307 g/mol. The Morgan fingerprint density at radius 3 is 1.96 bits per heavy atom. The molecule has 1 fully saturated rings. The monoisotopic (exact) mass is 307 g/mol. The number of fused-ring (bicyclic) bond motifs is 2. The number of nitrogens with zero attached hydrogens (tertiary/aromatic N) is 1. The zero-order valence-electron chi connectivity index (χ0n) is 13.0. The van der Waals surface area contributed by atoms with Gasteiger partial charge in [-0.05, 0) is 42.5 Å². The van der Waals surface area contributed by atoms with Crippen LogP contribution in [-0.2, 0) is 0 Å². The van der Waals surface area contributed by atoms with E-state index in [4.69, 9.17) is 0 Å². The first kappa shape index (κ1) is 14.5. The molecule has 0 saturated heterocycles. The van der Waals surface area contributed by atoms with E-state index in [0.29, 0.717) is 6.42 Å². The maximum atomic E-state index is 10.6. The number of para-hydroxylation sites is 2. The van der Waals surface area contributed by atoms with Crippen molar-refractivity contribution in [3.05, 3.63) is 59.7 Å². The zero-order valence-corrected chi connectivity index (χ0v) is 13.0. The van der Waals surface area contributed by atoms with E-state index in [2.05, 4.69) is 41.3 Å². The van der Waals surface area contributed by atoms with Crippen molar-refractivity contribution >= 4 is 23.5 Å². The molecule has 23 heavy (non-hydrogen) atoms. The SMILES string of the molecule is OC1CCCC(N2c3ccccc3C=Cc3ccccc32)C1O. The molecule has 4 rings (SSSR count). The molecule has 2 aliphatic rings. The molecule has 1 aliphatic heterocycles. The Morgan fingerprint density at radius 1 is 0.783 bits per heavy atom. The van der Waals surface area contributed by atoms with Crippen LogP contribution < -0.4 is 4.90 Å². The van der Waals surface area contributed by atoms with Gasteiger partial charge in [-0.2, -0.15) is 0 Å². The highest BCUT2D eigenvalue weighted by Gasteiger charge is 2.36. The molecule has 1 aliphatic carbocycles. The molecule has 0 radical (unpaired) electrons. The van der Waals surface area contributed by atoms with Gasteiger partial charge in [0.25, 0.3) is 0 Å². The van der Waals surface area contributed by atoms with E-state index in [0.717, 1.165) is 35.3 Å². The molecule has 2 N–H and O–H groups in total. The number of aliphatic hydroxyl groups excluding tert-OH is 2. The van der Waals surface area contributed by atoms with Gasteiger partial charge in [-0.1, -0.05) is 48.6 Å². The number of benzene rings is 2. The van der Waals surface area contributed by atoms with Gasteiger partial charge in [-0.3, -0.25) is 0 Å². The normalized spacial score (nSPS) is 26.3. The van der Waals surface area contributed by atoms with Crippen LogP contribution in [0.4, 0.5) is 11.4 Å². The van der Waals surface area contributed by atoms with Gasteiger partial charge in [-0.25, -0.2) is 0 Å². The van der Waals surface area contributed by atoms with Gasteiger partial charge in [-0.15, -0.1) is 0 Å². The summed E-state index contributed by atoms with van der Waals surface area (Å²) in [6.45, 7) is 0. The minimum absolute atomic E-state index is 0.110. The summed E-state index contributed by atoms with van der Waals surface area (Å²) in [6, 6.07) is 16.4. The summed E-state index contributed by atoms with van der Waals surface area (Å²) in [5, 5.41) is 20.8. The minimum atomic E-state index is -0.733. The summed E-state index contributed by atoms with van der Waals surface area (Å²) >= 11 is 0. The summed E-state index contributed by atoms with van der Waals surface area (Å²) in [7, 11) is 0. The van der Waals surface area contributed by atoms with Crippen molar-refractivity contribution in [3.63, 3.8) is 0 Å². The Hall–Kier alpha value is -2.10. The zero-order chi connectivity index (χ0) is 15.8. The standard InChI is InChI=1S/C20H21NO2/c22-19-11-5-10-18(20(19)23)21-16-8-3-1-6-14(16)12-13-15-7-2-4-9-17(15)21/h1-4,6-9,12-13,18-20,22-23H,5,10-11H2. The van der Waals surface area contributed by atoms with Gasteiger partial charge in [0.2, 0.25) is 0 Å². The molecule has 1 saturated carbocycles. The molecule has 118 valence electrons. The highest BCUT2D eigenvalue weighted by Crippen LogP contribution is 2.40. The second kappa shape index (κ2) is 5.84. The van der Waals surface area contributed by atoms with Gasteiger partial charge >= 0.3 is 0 Å². The first-order valence-corrected chi connectivity index (χ1v) is 8.27. The minimum Gasteiger partial charge on any atom is -0.390 e. The van der Waals surface area contributed by atoms with Gasteiger partial charge in [0.15, 0.2) is 0 Å². The van der Waals surface area contributed by atoms with Crippen molar-refractivity contribution in [2.75, 3.05) is 4.90 Å². The molecule has 1 heterocycles. The van der Waals surface area contributed by atoms with Gasteiger partial charge in [0.05, 0.1) is 12.1 Å². The van der Waals surface area contributed by atoms with Crippen LogP contribution in [0.15, 0.2) is 48.5 Å². The second-order valence-electron chi connectivity index (χ2n) is 6.38. The van der Waals surface area contributed by atoms with Gasteiger partial charge in [0, 0.05) is 11.4 Å². The summed E-state index contributed by atoms with van der Waals surface area (Å²) in [4.78, 5) is 2.22. The van der Waals surface area contributed by atoms with E-state index in [1.54, 1.807) is 0 Å². The number of hydrogen-bond acceptors (Lipinski definition) is 3. The Morgan fingerprint density at radius 2 is 1.35 bits per heavy atom. The number of anilines is 2. The Labute approximate surface area is 136 Å². The first-order chi connectivity index (χ1) is 11.3. The smallest absolute Gasteiger partial charge is 0.101 e. The largest absolute Gasteiger partial charge is 0.390 e. The molecule has 2 aromatic carbocycles. The van der Waals surface area contributed by atoms with Crippen molar-refractivity contribution < 1.29 is 10.2 Å². The lowest BCUT2D eigenvalue weighted by Gasteiger charge is -2.41. The maximum Gasteiger partial charge on any atom is 0.101 e. The summed E-state index contributed by atoms with van der Waals surface area (Å²) in [5.74, 6) is 0. The molecule has 0 amide bonds. The molecule has 3 unspecified atom stereocenters. The predicted octanol–water partition coefficient (Wildman–Crippen LogP) is 3.58. The molecular formula is C20H21NO2. The van der Waals surface area contributed by atoms with E-state index in [-0.39, 0.29) is 6.04 Å². The van der Waals surface area contributed by atoms with E-state index >= 15 is 0 Å². The summed E-state index contributed by atoms with van der Waals surface area (Å²) in [5.41, 5.74) is 4.45. The van der Waals surface area contributed by atoms with Crippen LogP contribution in [0.3, 0.4) is 0 Å². The highest BCUT2D eigenvalue weighted by atomic mass is 16.3.